The summed E-state index contributed by atoms with van der Waals surface area (Å²) in [6, 6.07) is 8.90. The molecular weight excluding hydrogens is 320 g/mol. The quantitative estimate of drug-likeness (QED) is 0.599. The number of anilines is 1. The van der Waals surface area contributed by atoms with E-state index in [0.29, 0.717) is 0 Å². The zero-order valence-electron chi connectivity index (χ0n) is 16.2. The average Bonchev–Trinajstić information content (AvgIpc) is 3.23. The van der Waals surface area contributed by atoms with Crippen LogP contribution in [0.4, 0.5) is 5.69 Å². The van der Waals surface area contributed by atoms with Crippen LogP contribution >= 0.6 is 0 Å². The highest BCUT2D eigenvalue weighted by atomic mass is 15.1. The van der Waals surface area contributed by atoms with E-state index < -0.39 is 0 Å². The lowest BCUT2D eigenvalue weighted by molar-refractivity contribution is 0.381. The predicted octanol–water partition coefficient (Wildman–Crippen LogP) is 4.85. The third-order valence-corrected chi connectivity index (χ3v) is 5.57. The Morgan fingerprint density at radius 1 is 1.04 bits per heavy atom. The lowest BCUT2D eigenvalue weighted by Gasteiger charge is -2.34. The summed E-state index contributed by atoms with van der Waals surface area (Å²) in [6.45, 7) is 7.01. The second-order valence-corrected chi connectivity index (χ2v) is 7.58. The first kappa shape index (κ1) is 19.0. The Balaban J connectivity index is 1.34. The first-order valence-corrected chi connectivity index (χ1v) is 10.4. The summed E-state index contributed by atoms with van der Waals surface area (Å²) in [7, 11) is 0. The normalized spacial score (nSPS) is 15.5. The van der Waals surface area contributed by atoms with E-state index in [-0.39, 0.29) is 0 Å². The van der Waals surface area contributed by atoms with E-state index in [0.717, 1.165) is 11.5 Å². The zero-order valence-corrected chi connectivity index (χ0v) is 16.2. The van der Waals surface area contributed by atoms with Gasteiger partial charge in [-0.1, -0.05) is 44.7 Å². The minimum atomic E-state index is 0.840. The fourth-order valence-corrected chi connectivity index (χ4v) is 3.83. The number of unbranched alkanes of at least 4 members (excludes halogenated alkanes) is 4. The van der Waals surface area contributed by atoms with Crippen LogP contribution in [0, 0.1) is 5.92 Å². The van der Waals surface area contributed by atoms with Crippen molar-refractivity contribution < 1.29 is 0 Å². The molecule has 0 unspecified atom stereocenters. The minimum Gasteiger partial charge on any atom is -0.372 e. The standard InChI is InChI=1S/C22H34N4/c1-2-3-4-5-6-13-23-16-19-11-14-26(15-12-19)22-9-7-20(8-10-22)21-17-24-25-18-21/h7-10,17-19,23H,2-6,11-16H2,1H3,(H,24,25). The predicted molar refractivity (Wildman–Crippen MR) is 111 cm³/mol. The molecule has 2 N–H and O–H groups in total. The molecule has 0 atom stereocenters. The van der Waals surface area contributed by atoms with Crippen molar-refractivity contribution in [2.75, 3.05) is 31.1 Å². The molecule has 4 nitrogen and oxygen atoms in total. The number of aromatic nitrogens is 2. The number of hydrogen-bond donors (Lipinski definition) is 2. The lowest BCUT2D eigenvalue weighted by Crippen LogP contribution is -2.37. The molecule has 26 heavy (non-hydrogen) atoms. The van der Waals surface area contributed by atoms with Crippen molar-refractivity contribution >= 4 is 5.69 Å². The Morgan fingerprint density at radius 2 is 1.81 bits per heavy atom. The van der Waals surface area contributed by atoms with E-state index in [2.05, 4.69) is 51.6 Å². The van der Waals surface area contributed by atoms with Gasteiger partial charge >= 0.3 is 0 Å². The summed E-state index contributed by atoms with van der Waals surface area (Å²) in [4.78, 5) is 2.53. The van der Waals surface area contributed by atoms with Crippen molar-refractivity contribution in [2.45, 2.75) is 51.9 Å². The highest BCUT2D eigenvalue weighted by Gasteiger charge is 2.19. The fraction of sp³-hybridized carbons (Fsp3) is 0.591. The number of benzene rings is 1. The number of H-pyrrole nitrogens is 1. The van der Waals surface area contributed by atoms with Crippen LogP contribution in [-0.2, 0) is 0 Å². The molecule has 0 amide bonds. The fourth-order valence-electron chi connectivity index (χ4n) is 3.83. The van der Waals surface area contributed by atoms with Gasteiger partial charge in [0, 0.05) is 30.5 Å². The molecule has 2 heterocycles. The third-order valence-electron chi connectivity index (χ3n) is 5.57. The highest BCUT2D eigenvalue weighted by molar-refractivity contribution is 5.65. The van der Waals surface area contributed by atoms with Crippen LogP contribution in [0.1, 0.15) is 51.9 Å². The summed E-state index contributed by atoms with van der Waals surface area (Å²) in [5.41, 5.74) is 3.72. The van der Waals surface area contributed by atoms with Gasteiger partial charge in [-0.3, -0.25) is 5.10 Å². The van der Waals surface area contributed by atoms with Crippen molar-refractivity contribution in [3.05, 3.63) is 36.7 Å². The van der Waals surface area contributed by atoms with E-state index in [4.69, 9.17) is 0 Å². The zero-order chi connectivity index (χ0) is 18.0. The number of nitrogens with one attached hydrogen (secondary N) is 2. The van der Waals surface area contributed by atoms with Crippen LogP contribution in [-0.4, -0.2) is 36.4 Å². The summed E-state index contributed by atoms with van der Waals surface area (Å²) in [5, 5.41) is 10.6. The molecule has 1 fully saturated rings. The molecule has 0 bridgehead atoms. The van der Waals surface area contributed by atoms with E-state index in [9.17, 15) is 0 Å². The van der Waals surface area contributed by atoms with Gasteiger partial charge < -0.3 is 10.2 Å². The topological polar surface area (TPSA) is 44.0 Å². The van der Waals surface area contributed by atoms with Crippen LogP contribution in [0.25, 0.3) is 11.1 Å². The summed E-state index contributed by atoms with van der Waals surface area (Å²) in [6.07, 6.45) is 13.2. The molecule has 4 heteroatoms. The average molecular weight is 355 g/mol. The molecule has 0 aliphatic carbocycles. The monoisotopic (exact) mass is 354 g/mol. The molecule has 0 radical (unpaired) electrons. The molecule has 1 aliphatic heterocycles. The van der Waals surface area contributed by atoms with E-state index in [1.54, 1.807) is 0 Å². The molecule has 142 valence electrons. The third kappa shape index (κ3) is 5.60. The summed E-state index contributed by atoms with van der Waals surface area (Å²) < 4.78 is 0. The van der Waals surface area contributed by atoms with Gasteiger partial charge in [0.1, 0.15) is 0 Å². The largest absolute Gasteiger partial charge is 0.372 e. The lowest BCUT2D eigenvalue weighted by atomic mass is 9.96. The highest BCUT2D eigenvalue weighted by Crippen LogP contribution is 2.26. The SMILES string of the molecule is CCCCCCCNCC1CCN(c2ccc(-c3cn[nH]c3)cc2)CC1. The van der Waals surface area contributed by atoms with Crippen molar-refractivity contribution in [2.24, 2.45) is 5.92 Å². The van der Waals surface area contributed by atoms with Crippen molar-refractivity contribution in [3.63, 3.8) is 0 Å². The van der Waals surface area contributed by atoms with Gasteiger partial charge in [-0.05, 0) is 56.0 Å². The van der Waals surface area contributed by atoms with Crippen molar-refractivity contribution in [1.29, 1.82) is 0 Å². The summed E-state index contributed by atoms with van der Waals surface area (Å²) >= 11 is 0. The first-order valence-electron chi connectivity index (χ1n) is 10.4. The summed E-state index contributed by atoms with van der Waals surface area (Å²) in [5.74, 6) is 0.840. The number of nitrogens with zero attached hydrogens (tertiary/aromatic N) is 2. The van der Waals surface area contributed by atoms with Crippen LogP contribution in [0.2, 0.25) is 0 Å². The first-order chi connectivity index (χ1) is 12.9. The molecular formula is C22H34N4. The maximum Gasteiger partial charge on any atom is 0.0565 e. The van der Waals surface area contributed by atoms with E-state index in [1.807, 2.05) is 12.4 Å². The Hall–Kier alpha value is -1.81. The van der Waals surface area contributed by atoms with Gasteiger partial charge in [0.2, 0.25) is 0 Å². The number of piperidine rings is 1. The van der Waals surface area contributed by atoms with Gasteiger partial charge in [-0.2, -0.15) is 5.10 Å². The van der Waals surface area contributed by atoms with Crippen LogP contribution in [0.3, 0.4) is 0 Å². The van der Waals surface area contributed by atoms with Crippen molar-refractivity contribution in [1.82, 2.24) is 15.5 Å². The maximum absolute atomic E-state index is 4.03. The minimum absolute atomic E-state index is 0.840. The molecule has 1 aromatic carbocycles. The van der Waals surface area contributed by atoms with Crippen LogP contribution in [0.5, 0.6) is 0 Å². The molecule has 0 spiro atoms. The Morgan fingerprint density at radius 3 is 2.50 bits per heavy atom. The maximum atomic E-state index is 4.03. The number of rotatable bonds is 10. The Kier molecular flexibility index (Phi) is 7.56. The molecule has 1 aliphatic rings. The molecule has 2 aromatic rings. The number of aromatic amines is 1. The molecule has 3 rings (SSSR count). The van der Waals surface area contributed by atoms with E-state index >= 15 is 0 Å². The molecule has 0 saturated carbocycles. The van der Waals surface area contributed by atoms with Gasteiger partial charge in [0.15, 0.2) is 0 Å². The Labute approximate surface area is 158 Å². The van der Waals surface area contributed by atoms with E-state index in [1.165, 1.54) is 82.4 Å². The number of hydrogen-bond acceptors (Lipinski definition) is 3. The second-order valence-electron chi connectivity index (χ2n) is 7.58. The van der Waals surface area contributed by atoms with Crippen molar-refractivity contribution in [3.8, 4) is 11.1 Å². The van der Waals surface area contributed by atoms with Crippen LogP contribution < -0.4 is 10.2 Å². The molecule has 1 saturated heterocycles. The van der Waals surface area contributed by atoms with Gasteiger partial charge in [0.25, 0.3) is 0 Å². The second kappa shape index (κ2) is 10.4. The molecule has 1 aromatic heterocycles. The van der Waals surface area contributed by atoms with Gasteiger partial charge in [-0.25, -0.2) is 0 Å². The van der Waals surface area contributed by atoms with Gasteiger partial charge in [-0.15, -0.1) is 0 Å². The smallest absolute Gasteiger partial charge is 0.0565 e. The van der Waals surface area contributed by atoms with Crippen LogP contribution in [0.15, 0.2) is 36.7 Å². The van der Waals surface area contributed by atoms with Gasteiger partial charge in [0.05, 0.1) is 6.20 Å². The Bertz CT molecular complexity index is 598.